The number of aliphatic hydroxyl groups is 4. The molecule has 34 nitrogen and oxygen atoms in total. The topological polar surface area (TPSA) is 397 Å². The Morgan fingerprint density at radius 1 is 0.302 bits per heavy atom. The van der Waals surface area contributed by atoms with Crippen LogP contribution >= 0.6 is 0 Å². The Bertz CT molecular complexity index is 5430. The molecule has 0 saturated carbocycles. The molecule has 12 aromatic rings. The van der Waals surface area contributed by atoms with Crippen molar-refractivity contribution in [3.63, 3.8) is 0 Å². The monoisotopic (exact) mass is 1930 g/mol. The van der Waals surface area contributed by atoms with E-state index in [2.05, 4.69) is 53.2 Å². The number of nitrogens with one attached hydrogen (secondary N) is 4. The van der Waals surface area contributed by atoms with Crippen molar-refractivity contribution in [2.24, 2.45) is 5.41 Å². The molecular weight excluding hydrogens is 1770 g/mol. The van der Waals surface area contributed by atoms with Crippen LogP contribution in [0.15, 0.2) is 97.1 Å². The van der Waals surface area contributed by atoms with E-state index in [4.69, 9.17) is 96.7 Å². The van der Waals surface area contributed by atoms with Gasteiger partial charge in [-0.25, -0.2) is 39.9 Å². The number of hydrogen-bond donors (Lipinski definition) is 8. The number of pyridine rings is 4. The molecular formula is C105H152N16O18. The number of hydrogen-bond acceptors (Lipinski definition) is 29. The Kier molecular flexibility index (Phi) is 42.0. The summed E-state index contributed by atoms with van der Waals surface area (Å²) in [6.45, 7) is 33.2. The molecule has 12 rings (SSSR count). The molecule has 139 heavy (non-hydrogen) atoms. The molecule has 0 spiro atoms. The van der Waals surface area contributed by atoms with Crippen LogP contribution in [0.1, 0.15) is 203 Å². The number of ketones is 1. The number of aromatic nitrogens is 12. The second kappa shape index (κ2) is 54.0. The molecule has 0 radical (unpaired) electrons. The SMILES string of the molecule is CCOCc1nc2c(NCCCCCCOCCOCC(COCCOCCCCCCNc3nc4ccccc4c4c3nc(COCC)n4CC(C)(C)O)(COCCOCCCCCCNc3nc4ccccc4c4c3nc(COCC)n4CC(C)(C)O)COCCOCC(=O)CCCC(=O)Nc3nc4ccccc4c4c3nc(COCC)n4CC(C)(C)O)nc3ccccc3c2n1CC(C)(C)O. The maximum atomic E-state index is 13.7. The van der Waals surface area contributed by atoms with Gasteiger partial charge in [-0.3, -0.25) is 9.59 Å². The van der Waals surface area contributed by atoms with Crippen molar-refractivity contribution in [1.29, 1.82) is 0 Å². The average molecular weight is 1930 g/mol. The predicted molar refractivity (Wildman–Crippen MR) is 544 cm³/mol. The second-order valence-corrected chi connectivity index (χ2v) is 38.5. The van der Waals surface area contributed by atoms with E-state index in [9.17, 15) is 30.0 Å². The van der Waals surface area contributed by atoms with E-state index in [0.717, 1.165) is 171 Å². The summed E-state index contributed by atoms with van der Waals surface area (Å²) >= 11 is 0. The first kappa shape index (κ1) is 108. The molecule has 8 N–H and O–H groups in total. The van der Waals surface area contributed by atoms with Crippen LogP contribution in [-0.4, -0.2) is 264 Å². The van der Waals surface area contributed by atoms with Gasteiger partial charge in [-0.1, -0.05) is 111 Å². The van der Waals surface area contributed by atoms with Crippen molar-refractivity contribution in [3.8, 4) is 0 Å². The minimum atomic E-state index is -1.08. The van der Waals surface area contributed by atoms with Crippen LogP contribution < -0.4 is 21.3 Å². The number of fused-ring (bicyclic) bond motifs is 12. The number of carbonyl (C=O) groups excluding carboxylic acids is 2. The minimum Gasteiger partial charge on any atom is -0.389 e. The highest BCUT2D eigenvalue weighted by Crippen LogP contribution is 2.38. The summed E-state index contributed by atoms with van der Waals surface area (Å²) in [7, 11) is 0. The number of benzene rings is 4. The van der Waals surface area contributed by atoms with Gasteiger partial charge in [0.2, 0.25) is 5.91 Å². The summed E-state index contributed by atoms with van der Waals surface area (Å²) in [5, 5.41) is 61.6. The van der Waals surface area contributed by atoms with Crippen molar-refractivity contribution in [2.45, 2.75) is 254 Å². The first-order valence-electron chi connectivity index (χ1n) is 50.1. The van der Waals surface area contributed by atoms with E-state index in [1.165, 1.54) is 0 Å². The fraction of sp³-hybridized carbons (Fsp3) is 0.600. The van der Waals surface area contributed by atoms with Gasteiger partial charge in [-0.2, -0.15) is 0 Å². The van der Waals surface area contributed by atoms with Crippen LogP contribution in [0.5, 0.6) is 0 Å². The molecule has 8 aromatic heterocycles. The molecule has 760 valence electrons. The fourth-order valence-electron chi connectivity index (χ4n) is 17.2. The number of carbonyl (C=O) groups is 2. The normalized spacial score (nSPS) is 12.6. The van der Waals surface area contributed by atoms with Crippen LogP contribution in [0.2, 0.25) is 0 Å². The molecule has 0 saturated heterocycles. The number of unbranched alkanes of at least 4 members (excludes halogenated alkanes) is 9. The fourth-order valence-corrected chi connectivity index (χ4v) is 17.2. The van der Waals surface area contributed by atoms with Crippen LogP contribution in [0.3, 0.4) is 0 Å². The molecule has 0 aliphatic carbocycles. The molecule has 4 aromatic carbocycles. The zero-order valence-electron chi connectivity index (χ0n) is 84.1. The van der Waals surface area contributed by atoms with Crippen LogP contribution in [0, 0.1) is 5.41 Å². The number of nitrogens with zero attached hydrogens (tertiary/aromatic N) is 12. The largest absolute Gasteiger partial charge is 0.389 e. The number of Topliss-reactive ketones (excluding diaryl/α,β-unsaturated/α-hetero) is 1. The Hall–Kier alpha value is -9.70. The smallest absolute Gasteiger partial charge is 0.225 e. The second-order valence-electron chi connectivity index (χ2n) is 38.5. The standard InChI is InChI=1S/C105H152N16O18/c1-13-128-63-84-113-89-93(118(84)67-101(5,6)124)76-39-23-27-43-80(76)109-97(89)106-48-31-17-20-34-51-132-54-58-136-71-105(72-137-59-55-133-52-35-21-18-32-49-107-98-90-94(77-40-24-28-44-81(77)110-98)119(68-102(7,8)125)85(114-90)64-129-14-2,73-138-60-56-134-53-36-22-19-33-50-108-99-91-95(78-41-25-29-45-82(78)111-99)120(69-103(9,10)126)86(115-91)65-130-15-3)74-139-61-57-135-62-75(122)38-37-47-88(123)117-100-92-96(79-42-26-30-46-83(79)112-100)121(70-104(11,12)127)87(116-92)66-131-16-4/h23-30,39-46,124-127H,13-22,31-38,47-74H2,1-12H3,(H,106,109)(H,107,110)(H,108,111)(H,112,117,123). The molecule has 0 aliphatic rings. The molecule has 1 amide bonds. The van der Waals surface area contributed by atoms with Crippen molar-refractivity contribution < 1.29 is 86.9 Å². The van der Waals surface area contributed by atoms with Crippen molar-refractivity contribution in [3.05, 3.63) is 120 Å². The molecule has 0 fully saturated rings. The molecule has 8 heterocycles. The van der Waals surface area contributed by atoms with Crippen molar-refractivity contribution in [2.75, 3.05) is 173 Å². The number of rotatable bonds is 71. The average Bonchev–Trinajstić information content (AvgIpc) is 1.64. The third kappa shape index (κ3) is 32.7. The lowest BCUT2D eigenvalue weighted by atomic mass is 9.92. The highest BCUT2D eigenvalue weighted by Gasteiger charge is 2.35. The lowest BCUT2D eigenvalue weighted by molar-refractivity contribution is -0.128. The van der Waals surface area contributed by atoms with Gasteiger partial charge in [-0.05, 0) is 152 Å². The zero-order chi connectivity index (χ0) is 98.6. The van der Waals surface area contributed by atoms with Gasteiger partial charge in [0, 0.05) is 100 Å². The van der Waals surface area contributed by atoms with Crippen molar-refractivity contribution in [1.82, 2.24) is 58.1 Å². The number of anilines is 4. The predicted octanol–water partition coefficient (Wildman–Crippen LogP) is 16.3. The summed E-state index contributed by atoms with van der Waals surface area (Å²) in [6, 6.07) is 31.7. The molecule has 0 atom stereocenters. The third-order valence-electron chi connectivity index (χ3n) is 23.6. The Balaban J connectivity index is 0.644. The van der Waals surface area contributed by atoms with Crippen LogP contribution in [-0.2, 0) is 119 Å². The summed E-state index contributed by atoms with van der Waals surface area (Å²) in [6.07, 6.45) is 11.6. The van der Waals surface area contributed by atoms with E-state index in [1.807, 2.05) is 111 Å². The van der Waals surface area contributed by atoms with Gasteiger partial charge < -0.3 is 117 Å². The number of amides is 1. The molecule has 0 unspecified atom stereocenters. The number of ether oxygens (including phenoxy) is 12. The lowest BCUT2D eigenvalue weighted by Crippen LogP contribution is -2.43. The Labute approximate surface area is 816 Å². The maximum absolute atomic E-state index is 13.7. The highest BCUT2D eigenvalue weighted by atomic mass is 16.6. The van der Waals surface area contributed by atoms with E-state index < -0.39 is 27.8 Å². The number of imidazole rings is 4. The van der Waals surface area contributed by atoms with E-state index in [1.54, 1.807) is 55.4 Å². The highest BCUT2D eigenvalue weighted by molar-refractivity contribution is 6.11. The van der Waals surface area contributed by atoms with E-state index in [0.29, 0.717) is 179 Å². The van der Waals surface area contributed by atoms with Crippen LogP contribution in [0.25, 0.3) is 87.7 Å². The summed E-state index contributed by atoms with van der Waals surface area (Å²) < 4.78 is 82.1. The number of para-hydroxylation sites is 4. The Morgan fingerprint density at radius 3 is 0.863 bits per heavy atom. The minimum absolute atomic E-state index is 0.0509. The lowest BCUT2D eigenvalue weighted by Gasteiger charge is -2.33. The van der Waals surface area contributed by atoms with Gasteiger partial charge in [-0.15, -0.1) is 0 Å². The third-order valence-corrected chi connectivity index (χ3v) is 23.6. The first-order valence-corrected chi connectivity index (χ1v) is 50.1. The quantitative estimate of drug-likeness (QED) is 0.0164. The van der Waals surface area contributed by atoms with E-state index in [-0.39, 0.29) is 96.2 Å². The zero-order valence-corrected chi connectivity index (χ0v) is 84.1. The molecule has 34 heteroatoms. The van der Waals surface area contributed by atoms with Gasteiger partial charge in [0.15, 0.2) is 29.1 Å². The van der Waals surface area contributed by atoms with Gasteiger partial charge in [0.1, 0.15) is 78.4 Å². The molecule has 0 aliphatic heterocycles. The summed E-state index contributed by atoms with van der Waals surface area (Å²) in [5.74, 6) is 4.74. The summed E-state index contributed by atoms with van der Waals surface area (Å²) in [4.78, 5) is 67.1. The Morgan fingerprint density at radius 2 is 0.568 bits per heavy atom. The van der Waals surface area contributed by atoms with Crippen LogP contribution in [0.4, 0.5) is 23.3 Å². The summed E-state index contributed by atoms with van der Waals surface area (Å²) in [5.41, 5.74) is 4.54. The first-order chi connectivity index (χ1) is 67.1. The van der Waals surface area contributed by atoms with Gasteiger partial charge in [0.05, 0.1) is 177 Å². The van der Waals surface area contributed by atoms with Crippen molar-refractivity contribution >= 4 is 123 Å². The molecule has 0 bridgehead atoms. The van der Waals surface area contributed by atoms with E-state index >= 15 is 0 Å². The van der Waals surface area contributed by atoms with Gasteiger partial charge >= 0.3 is 0 Å². The van der Waals surface area contributed by atoms with Gasteiger partial charge in [0.25, 0.3) is 0 Å². The maximum Gasteiger partial charge on any atom is 0.225 e.